The van der Waals surface area contributed by atoms with Crippen LogP contribution in [-0.2, 0) is 6.18 Å². The number of hydrogen-bond acceptors (Lipinski definition) is 6. The fourth-order valence-corrected chi connectivity index (χ4v) is 5.59. The molecular weight excluding hydrogens is 602 g/mol. The van der Waals surface area contributed by atoms with E-state index in [1.807, 2.05) is 11.9 Å². The molecule has 0 saturated carbocycles. The zero-order valence-corrected chi connectivity index (χ0v) is 21.9. The van der Waals surface area contributed by atoms with Crippen molar-refractivity contribution in [2.75, 3.05) is 34.4 Å². The molecular formula is C24H22ClF3INO5. The third kappa shape index (κ3) is 4.49. The summed E-state index contributed by atoms with van der Waals surface area (Å²) in [5.41, 5.74) is -0.391. The fourth-order valence-electron chi connectivity index (χ4n) is 4.65. The molecule has 1 fully saturated rings. The van der Waals surface area contributed by atoms with Crippen LogP contribution < -0.4 is 14.9 Å². The van der Waals surface area contributed by atoms with Gasteiger partial charge < -0.3 is 23.9 Å². The number of likely N-dealkylation sites (tertiary alicyclic amines) is 1. The molecule has 35 heavy (non-hydrogen) atoms. The van der Waals surface area contributed by atoms with Crippen molar-refractivity contribution in [1.82, 2.24) is 4.90 Å². The standard InChI is InChI=1S/C24H22ClF3INO5/c1-30-7-6-13(15(30)10-31)18-16(33-2)9-17(34-3)19-21(32)20(29)22(35-23(18)19)12-5-4-11(8-14(12)25)24(26,27)28/h4-5,8-9,13,15,31H,6-7,10H2,1-3H3. The second-order valence-corrected chi connectivity index (χ2v) is 9.78. The van der Waals surface area contributed by atoms with Gasteiger partial charge in [-0.25, -0.2) is 0 Å². The molecule has 0 aliphatic carbocycles. The normalized spacial score (nSPS) is 18.9. The van der Waals surface area contributed by atoms with Crippen LogP contribution in [0.25, 0.3) is 22.3 Å². The van der Waals surface area contributed by atoms with E-state index in [9.17, 15) is 23.1 Å². The molecule has 1 aromatic heterocycles. The summed E-state index contributed by atoms with van der Waals surface area (Å²) in [7, 11) is 4.79. The van der Waals surface area contributed by atoms with Gasteiger partial charge in [0.2, 0.25) is 5.43 Å². The minimum Gasteiger partial charge on any atom is -0.496 e. The number of nitrogens with zero attached hydrogens (tertiary/aromatic N) is 1. The topological polar surface area (TPSA) is 72.1 Å². The van der Waals surface area contributed by atoms with Crippen LogP contribution in [-0.4, -0.2) is 50.5 Å². The molecule has 188 valence electrons. The monoisotopic (exact) mass is 623 g/mol. The number of hydrogen-bond donors (Lipinski definition) is 1. The van der Waals surface area contributed by atoms with E-state index in [1.54, 1.807) is 28.7 Å². The van der Waals surface area contributed by atoms with Gasteiger partial charge in [0, 0.05) is 29.2 Å². The third-order valence-corrected chi connectivity index (χ3v) is 7.73. The first-order valence-corrected chi connectivity index (χ1v) is 12.1. The Labute approximate surface area is 217 Å². The first-order valence-electron chi connectivity index (χ1n) is 10.6. The Morgan fingerprint density at radius 1 is 1.23 bits per heavy atom. The lowest BCUT2D eigenvalue weighted by Gasteiger charge is -2.25. The van der Waals surface area contributed by atoms with Crippen LogP contribution in [0, 0.1) is 3.57 Å². The van der Waals surface area contributed by atoms with Crippen LogP contribution in [0.4, 0.5) is 13.2 Å². The van der Waals surface area contributed by atoms with E-state index in [2.05, 4.69) is 0 Å². The maximum absolute atomic E-state index is 13.6. The van der Waals surface area contributed by atoms with Gasteiger partial charge in [-0.2, -0.15) is 13.2 Å². The number of rotatable bonds is 5. The summed E-state index contributed by atoms with van der Waals surface area (Å²) in [4.78, 5) is 15.6. The molecule has 0 spiro atoms. The number of fused-ring (bicyclic) bond motifs is 1. The van der Waals surface area contributed by atoms with E-state index in [-0.39, 0.29) is 55.2 Å². The average Bonchev–Trinajstić information content (AvgIpc) is 3.19. The molecule has 2 aromatic carbocycles. The molecule has 6 nitrogen and oxygen atoms in total. The highest BCUT2D eigenvalue weighted by Gasteiger charge is 2.38. The predicted octanol–water partition coefficient (Wildman–Crippen LogP) is 5.53. The Morgan fingerprint density at radius 2 is 1.91 bits per heavy atom. The molecule has 4 rings (SSSR count). The minimum atomic E-state index is -4.57. The summed E-state index contributed by atoms with van der Waals surface area (Å²) >= 11 is 8.04. The highest BCUT2D eigenvalue weighted by Crippen LogP contribution is 2.46. The van der Waals surface area contributed by atoms with Gasteiger partial charge in [-0.3, -0.25) is 4.79 Å². The van der Waals surface area contributed by atoms with Crippen molar-refractivity contribution in [2.45, 2.75) is 24.6 Å². The van der Waals surface area contributed by atoms with Crippen molar-refractivity contribution in [3.63, 3.8) is 0 Å². The van der Waals surface area contributed by atoms with Crippen molar-refractivity contribution >= 4 is 45.2 Å². The molecule has 11 heteroatoms. The minimum absolute atomic E-state index is 0.0466. The zero-order valence-electron chi connectivity index (χ0n) is 19.0. The molecule has 0 radical (unpaired) electrons. The lowest BCUT2D eigenvalue weighted by Crippen LogP contribution is -2.32. The summed E-state index contributed by atoms with van der Waals surface area (Å²) < 4.78 is 57.0. The summed E-state index contributed by atoms with van der Waals surface area (Å²) in [6.07, 6.45) is -3.90. The van der Waals surface area contributed by atoms with Crippen molar-refractivity contribution < 1.29 is 32.2 Å². The maximum atomic E-state index is 13.6. The van der Waals surface area contributed by atoms with E-state index in [0.29, 0.717) is 24.3 Å². The van der Waals surface area contributed by atoms with Gasteiger partial charge in [-0.15, -0.1) is 0 Å². The second kappa shape index (κ2) is 9.79. The average molecular weight is 624 g/mol. The van der Waals surface area contributed by atoms with Crippen LogP contribution in [0.1, 0.15) is 23.5 Å². The Kier molecular flexibility index (Phi) is 7.29. The Morgan fingerprint density at radius 3 is 2.49 bits per heavy atom. The van der Waals surface area contributed by atoms with Crippen molar-refractivity contribution in [2.24, 2.45) is 0 Å². The van der Waals surface area contributed by atoms with Gasteiger partial charge in [0.25, 0.3) is 0 Å². The molecule has 1 aliphatic rings. The number of halogens is 5. The molecule has 2 heterocycles. The molecule has 3 aromatic rings. The van der Waals surface area contributed by atoms with Crippen LogP contribution in [0.3, 0.4) is 0 Å². The number of benzene rings is 2. The summed E-state index contributed by atoms with van der Waals surface area (Å²) in [5, 5.41) is 10.0. The number of likely N-dealkylation sites (N-methyl/N-ethyl adjacent to an activating group) is 1. The Balaban J connectivity index is 2.06. The smallest absolute Gasteiger partial charge is 0.416 e. The van der Waals surface area contributed by atoms with Crippen molar-refractivity contribution in [3.05, 3.63) is 54.2 Å². The van der Waals surface area contributed by atoms with Crippen LogP contribution in [0.2, 0.25) is 5.02 Å². The number of methoxy groups -OCH3 is 2. The summed E-state index contributed by atoms with van der Waals surface area (Å²) in [5.74, 6) is 0.476. The van der Waals surface area contributed by atoms with Crippen molar-refractivity contribution in [1.29, 1.82) is 0 Å². The number of ether oxygens (including phenoxy) is 2. The van der Waals surface area contributed by atoms with Gasteiger partial charge in [0.05, 0.1) is 31.4 Å². The quantitative estimate of drug-likeness (QED) is 0.377. The highest BCUT2D eigenvalue weighted by atomic mass is 127. The number of alkyl halides is 3. The lowest BCUT2D eigenvalue weighted by molar-refractivity contribution is -0.137. The maximum Gasteiger partial charge on any atom is 0.416 e. The van der Waals surface area contributed by atoms with Crippen molar-refractivity contribution in [3.8, 4) is 22.8 Å². The largest absolute Gasteiger partial charge is 0.496 e. The zero-order chi connectivity index (χ0) is 25.7. The van der Waals surface area contributed by atoms with E-state index >= 15 is 0 Å². The SMILES string of the molecule is COc1cc(OC)c2c(=O)c(I)c(-c3ccc(C(F)(F)F)cc3Cl)oc2c1C1CCN(C)C1CO. The molecule has 1 saturated heterocycles. The molecule has 1 N–H and O–H groups in total. The Hall–Kier alpha value is -2.02. The van der Waals surface area contributed by atoms with E-state index in [4.69, 9.17) is 25.5 Å². The second-order valence-electron chi connectivity index (χ2n) is 8.29. The molecule has 2 unspecified atom stereocenters. The molecule has 1 aliphatic heterocycles. The first kappa shape index (κ1) is 26.1. The van der Waals surface area contributed by atoms with Gasteiger partial charge in [-0.05, 0) is 60.8 Å². The van der Waals surface area contributed by atoms with E-state index < -0.39 is 17.2 Å². The number of aliphatic hydroxyl groups is 1. The van der Waals surface area contributed by atoms with E-state index in [1.165, 1.54) is 20.3 Å². The summed E-state index contributed by atoms with van der Waals surface area (Å²) in [6.45, 7) is 0.586. The Bertz CT molecular complexity index is 1340. The molecule has 2 atom stereocenters. The predicted molar refractivity (Wildman–Crippen MR) is 135 cm³/mol. The van der Waals surface area contributed by atoms with Gasteiger partial charge in [0.15, 0.2) is 5.76 Å². The van der Waals surface area contributed by atoms with Gasteiger partial charge >= 0.3 is 6.18 Å². The van der Waals surface area contributed by atoms with Gasteiger partial charge in [0.1, 0.15) is 26.0 Å². The van der Waals surface area contributed by atoms with Gasteiger partial charge in [-0.1, -0.05) is 11.6 Å². The fraction of sp³-hybridized carbons (Fsp3) is 0.375. The molecule has 0 bridgehead atoms. The lowest BCUT2D eigenvalue weighted by atomic mass is 9.89. The van der Waals surface area contributed by atoms with Crippen LogP contribution in [0.15, 0.2) is 33.5 Å². The van der Waals surface area contributed by atoms with E-state index in [0.717, 1.165) is 12.1 Å². The molecule has 0 amide bonds. The summed E-state index contributed by atoms with van der Waals surface area (Å²) in [6, 6.07) is 4.25. The first-order chi connectivity index (χ1) is 16.5. The highest BCUT2D eigenvalue weighted by molar-refractivity contribution is 14.1. The van der Waals surface area contributed by atoms with Crippen LogP contribution >= 0.6 is 34.2 Å². The third-order valence-electron chi connectivity index (χ3n) is 6.44. The van der Waals surface area contributed by atoms with Crippen LogP contribution in [0.5, 0.6) is 11.5 Å². The number of aliphatic hydroxyl groups excluding tert-OH is 1.